The molecule has 1 unspecified atom stereocenters. The number of amides is 1. The van der Waals surface area contributed by atoms with Crippen LogP contribution in [-0.4, -0.2) is 35.2 Å². The van der Waals surface area contributed by atoms with Crippen molar-refractivity contribution in [2.75, 3.05) is 0 Å². The van der Waals surface area contributed by atoms with Crippen LogP contribution in [0.3, 0.4) is 0 Å². The van der Waals surface area contributed by atoms with Gasteiger partial charge < -0.3 is 4.90 Å². The minimum absolute atomic E-state index is 0.136. The predicted molar refractivity (Wildman–Crippen MR) is 119 cm³/mol. The van der Waals surface area contributed by atoms with Gasteiger partial charge in [-0.1, -0.05) is 13.0 Å². The summed E-state index contributed by atoms with van der Waals surface area (Å²) in [5.41, 5.74) is 2.27. The molecule has 162 valence electrons. The second-order valence-electron chi connectivity index (χ2n) is 7.33. The molecule has 0 bridgehead atoms. The number of hydrogen-bond donors (Lipinski definition) is 1. The van der Waals surface area contributed by atoms with Gasteiger partial charge in [-0.05, 0) is 66.9 Å². The van der Waals surface area contributed by atoms with Crippen molar-refractivity contribution in [3.05, 3.63) is 90.0 Å². The summed E-state index contributed by atoms with van der Waals surface area (Å²) in [6.07, 6.45) is 7.47. The Bertz CT molecular complexity index is 1050. The summed E-state index contributed by atoms with van der Waals surface area (Å²) >= 11 is 0. The maximum Gasteiger partial charge on any atom is 0.254 e. The molecule has 0 aliphatic carbocycles. The molecule has 0 saturated carbocycles. The van der Waals surface area contributed by atoms with Crippen molar-refractivity contribution in [1.82, 2.24) is 19.6 Å². The van der Waals surface area contributed by atoms with E-state index in [4.69, 9.17) is 0 Å². The van der Waals surface area contributed by atoms with Crippen LogP contribution < -0.4 is 4.72 Å². The van der Waals surface area contributed by atoms with Crippen LogP contribution >= 0.6 is 0 Å². The SMILES string of the molecule is CCC(C)NS(=O)(=O)c1ccc(C(=O)N(Cc2ccncc2)Cc2cccnc2)cc1. The van der Waals surface area contributed by atoms with E-state index in [-0.39, 0.29) is 16.8 Å². The van der Waals surface area contributed by atoms with Gasteiger partial charge >= 0.3 is 0 Å². The highest BCUT2D eigenvalue weighted by atomic mass is 32.2. The van der Waals surface area contributed by atoms with Gasteiger partial charge in [0.2, 0.25) is 10.0 Å². The van der Waals surface area contributed by atoms with Crippen molar-refractivity contribution in [3.63, 3.8) is 0 Å². The van der Waals surface area contributed by atoms with Gasteiger partial charge in [-0.2, -0.15) is 0 Å². The third-order valence-corrected chi connectivity index (χ3v) is 6.49. The van der Waals surface area contributed by atoms with E-state index >= 15 is 0 Å². The summed E-state index contributed by atoms with van der Waals surface area (Å²) < 4.78 is 27.6. The smallest absolute Gasteiger partial charge is 0.254 e. The first kappa shape index (κ1) is 22.6. The summed E-state index contributed by atoms with van der Waals surface area (Å²) in [7, 11) is -3.62. The lowest BCUT2D eigenvalue weighted by atomic mass is 10.1. The molecule has 7 nitrogen and oxygen atoms in total. The first-order valence-electron chi connectivity index (χ1n) is 10.1. The van der Waals surface area contributed by atoms with E-state index < -0.39 is 10.0 Å². The highest BCUT2D eigenvalue weighted by molar-refractivity contribution is 7.89. The van der Waals surface area contributed by atoms with Crippen molar-refractivity contribution in [1.29, 1.82) is 0 Å². The third-order valence-electron chi connectivity index (χ3n) is 4.89. The molecule has 3 rings (SSSR count). The molecular formula is C23H26N4O3S. The van der Waals surface area contributed by atoms with Gasteiger partial charge in [0.05, 0.1) is 4.90 Å². The number of benzene rings is 1. The van der Waals surface area contributed by atoms with Crippen LogP contribution in [0.15, 0.2) is 78.2 Å². The van der Waals surface area contributed by atoms with Gasteiger partial charge in [0.25, 0.3) is 5.91 Å². The van der Waals surface area contributed by atoms with E-state index in [9.17, 15) is 13.2 Å². The summed E-state index contributed by atoms with van der Waals surface area (Å²) in [6.45, 7) is 4.50. The fourth-order valence-corrected chi connectivity index (χ4v) is 4.32. The largest absolute Gasteiger partial charge is 0.330 e. The summed E-state index contributed by atoms with van der Waals surface area (Å²) in [5, 5.41) is 0. The number of carbonyl (C=O) groups is 1. The van der Waals surface area contributed by atoms with Crippen molar-refractivity contribution in [3.8, 4) is 0 Å². The lowest BCUT2D eigenvalue weighted by molar-refractivity contribution is 0.0729. The molecular weight excluding hydrogens is 412 g/mol. The molecule has 0 saturated heterocycles. The first-order valence-corrected chi connectivity index (χ1v) is 11.6. The van der Waals surface area contributed by atoms with Crippen LogP contribution in [-0.2, 0) is 23.1 Å². The van der Waals surface area contributed by atoms with Gasteiger partial charge in [0.1, 0.15) is 0 Å². The van der Waals surface area contributed by atoms with Crippen LogP contribution in [0.2, 0.25) is 0 Å². The Labute approximate surface area is 183 Å². The molecule has 1 amide bonds. The molecule has 0 fully saturated rings. The number of carbonyl (C=O) groups excluding carboxylic acids is 1. The normalized spacial score (nSPS) is 12.3. The Morgan fingerprint density at radius 2 is 1.65 bits per heavy atom. The average Bonchev–Trinajstić information content (AvgIpc) is 2.79. The first-order chi connectivity index (χ1) is 14.9. The molecule has 1 aromatic carbocycles. The Morgan fingerprint density at radius 1 is 0.968 bits per heavy atom. The zero-order chi connectivity index (χ0) is 22.3. The molecule has 1 atom stereocenters. The van der Waals surface area contributed by atoms with Gasteiger partial charge in [-0.15, -0.1) is 0 Å². The van der Waals surface area contributed by atoms with E-state index in [1.165, 1.54) is 12.1 Å². The van der Waals surface area contributed by atoms with Crippen molar-refractivity contribution >= 4 is 15.9 Å². The molecule has 0 aliphatic rings. The summed E-state index contributed by atoms with van der Waals surface area (Å²) in [5.74, 6) is -0.195. The maximum atomic E-state index is 13.3. The number of nitrogens with zero attached hydrogens (tertiary/aromatic N) is 3. The highest BCUT2D eigenvalue weighted by Crippen LogP contribution is 2.17. The van der Waals surface area contributed by atoms with E-state index in [1.807, 2.05) is 38.1 Å². The Hall–Kier alpha value is -3.10. The molecule has 31 heavy (non-hydrogen) atoms. The average molecular weight is 439 g/mol. The van der Waals surface area contributed by atoms with Crippen molar-refractivity contribution in [2.45, 2.75) is 44.3 Å². The molecule has 1 N–H and O–H groups in total. The molecule has 0 radical (unpaired) electrons. The monoisotopic (exact) mass is 438 g/mol. The molecule has 2 heterocycles. The summed E-state index contributed by atoms with van der Waals surface area (Å²) in [6, 6.07) is 13.3. The van der Waals surface area contributed by atoms with Crippen LogP contribution in [0.4, 0.5) is 0 Å². The van der Waals surface area contributed by atoms with E-state index in [2.05, 4.69) is 14.7 Å². The minimum Gasteiger partial charge on any atom is -0.330 e. The topological polar surface area (TPSA) is 92.3 Å². The fourth-order valence-electron chi connectivity index (χ4n) is 3.00. The van der Waals surface area contributed by atoms with Crippen LogP contribution in [0.25, 0.3) is 0 Å². The summed E-state index contributed by atoms with van der Waals surface area (Å²) in [4.78, 5) is 23.2. The fraction of sp³-hybridized carbons (Fsp3) is 0.261. The van der Waals surface area contributed by atoms with Crippen molar-refractivity contribution in [2.24, 2.45) is 0 Å². The standard InChI is InChI=1S/C23H26N4O3S/c1-3-18(2)26-31(29,30)22-8-6-21(7-9-22)23(28)27(16-19-10-13-24-14-11-19)17-20-5-4-12-25-15-20/h4-15,18,26H,3,16-17H2,1-2H3. The van der Waals surface area contributed by atoms with Gasteiger partial charge in [0.15, 0.2) is 0 Å². The number of hydrogen-bond acceptors (Lipinski definition) is 5. The van der Waals surface area contributed by atoms with Gasteiger partial charge in [-0.25, -0.2) is 13.1 Å². The second-order valence-corrected chi connectivity index (χ2v) is 9.05. The van der Waals surface area contributed by atoms with Crippen molar-refractivity contribution < 1.29 is 13.2 Å². The lowest BCUT2D eigenvalue weighted by Crippen LogP contribution is -2.32. The number of pyridine rings is 2. The number of sulfonamides is 1. The third kappa shape index (κ3) is 6.19. The molecule has 3 aromatic rings. The number of nitrogens with one attached hydrogen (secondary N) is 1. The zero-order valence-electron chi connectivity index (χ0n) is 17.6. The Balaban J connectivity index is 1.83. The predicted octanol–water partition coefficient (Wildman–Crippen LogP) is 3.40. The second kappa shape index (κ2) is 10.3. The molecule has 2 aromatic heterocycles. The molecule has 0 aliphatic heterocycles. The van der Waals surface area contributed by atoms with Crippen LogP contribution in [0.1, 0.15) is 41.8 Å². The molecule has 8 heteroatoms. The quantitative estimate of drug-likeness (QED) is 0.553. The zero-order valence-corrected chi connectivity index (χ0v) is 18.4. The van der Waals surface area contributed by atoms with E-state index in [0.29, 0.717) is 25.1 Å². The van der Waals surface area contributed by atoms with Crippen LogP contribution in [0, 0.1) is 0 Å². The molecule has 0 spiro atoms. The number of aromatic nitrogens is 2. The Morgan fingerprint density at radius 3 is 2.26 bits per heavy atom. The lowest BCUT2D eigenvalue weighted by Gasteiger charge is -2.23. The highest BCUT2D eigenvalue weighted by Gasteiger charge is 2.20. The van der Waals surface area contributed by atoms with Gasteiger partial charge in [0, 0.05) is 49.5 Å². The number of rotatable bonds is 9. The maximum absolute atomic E-state index is 13.3. The minimum atomic E-state index is -3.62. The Kier molecular flexibility index (Phi) is 7.49. The van der Waals surface area contributed by atoms with E-state index in [0.717, 1.165) is 11.1 Å². The van der Waals surface area contributed by atoms with E-state index in [1.54, 1.807) is 41.8 Å². The van der Waals surface area contributed by atoms with Gasteiger partial charge in [-0.3, -0.25) is 14.8 Å². The van der Waals surface area contributed by atoms with Crippen LogP contribution in [0.5, 0.6) is 0 Å².